The maximum atomic E-state index is 13.0. The minimum Gasteiger partial charge on any atom is -0.465 e. The quantitative estimate of drug-likeness (QED) is 0.390. The number of aromatic nitrogens is 2. The van der Waals surface area contributed by atoms with Crippen molar-refractivity contribution >= 4 is 28.6 Å². The molecule has 2 aromatic carbocycles. The number of carbonyl (C=O) groups is 1. The van der Waals surface area contributed by atoms with Gasteiger partial charge in [0.25, 0.3) is 5.56 Å². The van der Waals surface area contributed by atoms with Crippen LogP contribution in [-0.4, -0.2) is 33.8 Å². The number of hydrogen-bond donors (Lipinski definition) is 1. The van der Waals surface area contributed by atoms with Gasteiger partial charge in [0.1, 0.15) is 0 Å². The first kappa shape index (κ1) is 20.1. The summed E-state index contributed by atoms with van der Waals surface area (Å²) in [6.07, 6.45) is -0.690. The van der Waals surface area contributed by atoms with Gasteiger partial charge in [-0.05, 0) is 37.6 Å². The molecule has 1 atom stereocenters. The molecule has 3 rings (SSSR count). The molecular formula is C21H22N2O4S. The standard InChI is InChI=1S/C21H22N2O4S/c1-13-4-6-15(7-5-13)12-28-21-22-18-10-16(20(26)27-3)8-9-17(18)19(25)23(21)11-14(2)24/h4-10,14,24H,11-12H2,1-3H3. The summed E-state index contributed by atoms with van der Waals surface area (Å²) in [7, 11) is 1.31. The normalized spacial score (nSPS) is 12.1. The molecule has 0 saturated carbocycles. The highest BCUT2D eigenvalue weighted by Crippen LogP contribution is 2.23. The molecule has 7 heteroatoms. The summed E-state index contributed by atoms with van der Waals surface area (Å²) >= 11 is 1.42. The van der Waals surface area contributed by atoms with Gasteiger partial charge in [-0.2, -0.15) is 0 Å². The zero-order valence-electron chi connectivity index (χ0n) is 16.0. The monoisotopic (exact) mass is 398 g/mol. The summed E-state index contributed by atoms with van der Waals surface area (Å²) in [5, 5.41) is 10.7. The Morgan fingerprint density at radius 2 is 1.96 bits per heavy atom. The smallest absolute Gasteiger partial charge is 0.337 e. The van der Waals surface area contributed by atoms with Gasteiger partial charge in [0.15, 0.2) is 5.16 Å². The second-order valence-electron chi connectivity index (χ2n) is 6.66. The maximum Gasteiger partial charge on any atom is 0.337 e. The number of hydrogen-bond acceptors (Lipinski definition) is 6. The van der Waals surface area contributed by atoms with Crippen molar-refractivity contribution in [2.45, 2.75) is 37.4 Å². The van der Waals surface area contributed by atoms with Gasteiger partial charge in [-0.25, -0.2) is 9.78 Å². The number of carbonyl (C=O) groups excluding carboxylic acids is 1. The van der Waals surface area contributed by atoms with Gasteiger partial charge in [0.05, 0.1) is 36.2 Å². The van der Waals surface area contributed by atoms with E-state index in [0.29, 0.717) is 27.4 Å². The van der Waals surface area contributed by atoms with Crippen LogP contribution in [-0.2, 0) is 17.0 Å². The van der Waals surface area contributed by atoms with Crippen LogP contribution < -0.4 is 5.56 Å². The van der Waals surface area contributed by atoms with E-state index < -0.39 is 12.1 Å². The number of fused-ring (bicyclic) bond motifs is 1. The van der Waals surface area contributed by atoms with Crippen molar-refractivity contribution in [2.24, 2.45) is 0 Å². The van der Waals surface area contributed by atoms with Crippen LogP contribution in [0.3, 0.4) is 0 Å². The van der Waals surface area contributed by atoms with Gasteiger partial charge in [0, 0.05) is 5.75 Å². The Kier molecular flexibility index (Phi) is 6.16. The largest absolute Gasteiger partial charge is 0.465 e. The number of aliphatic hydroxyl groups excluding tert-OH is 1. The van der Waals surface area contributed by atoms with Gasteiger partial charge in [-0.1, -0.05) is 41.6 Å². The highest BCUT2D eigenvalue weighted by Gasteiger charge is 2.15. The molecule has 0 aliphatic carbocycles. The summed E-state index contributed by atoms with van der Waals surface area (Å²) in [6, 6.07) is 12.8. The number of thioether (sulfide) groups is 1. The van der Waals surface area contributed by atoms with Crippen LogP contribution in [0, 0.1) is 6.92 Å². The van der Waals surface area contributed by atoms with Crippen molar-refractivity contribution in [1.29, 1.82) is 0 Å². The summed E-state index contributed by atoms with van der Waals surface area (Å²) in [5.41, 5.74) is 2.82. The first-order valence-electron chi connectivity index (χ1n) is 8.88. The fraction of sp³-hybridized carbons (Fsp3) is 0.286. The Labute approximate surface area is 167 Å². The number of aryl methyl sites for hydroxylation is 1. The van der Waals surface area contributed by atoms with E-state index in [4.69, 9.17) is 4.74 Å². The summed E-state index contributed by atoms with van der Waals surface area (Å²) in [6.45, 7) is 3.81. The van der Waals surface area contributed by atoms with Gasteiger partial charge in [-0.3, -0.25) is 9.36 Å². The van der Waals surface area contributed by atoms with Crippen molar-refractivity contribution in [3.8, 4) is 0 Å². The molecule has 1 aromatic heterocycles. The first-order chi connectivity index (χ1) is 13.4. The molecule has 0 spiro atoms. The maximum absolute atomic E-state index is 13.0. The molecule has 28 heavy (non-hydrogen) atoms. The predicted octanol–water partition coefficient (Wildman–Crippen LogP) is 3.16. The Bertz CT molecular complexity index is 1060. The zero-order valence-corrected chi connectivity index (χ0v) is 16.8. The lowest BCUT2D eigenvalue weighted by atomic mass is 10.1. The molecule has 0 amide bonds. The molecule has 146 valence electrons. The van der Waals surface area contributed by atoms with Crippen molar-refractivity contribution < 1.29 is 14.6 Å². The molecule has 1 heterocycles. The van der Waals surface area contributed by atoms with E-state index in [1.54, 1.807) is 25.1 Å². The lowest BCUT2D eigenvalue weighted by Crippen LogP contribution is -2.28. The number of rotatable bonds is 6. The zero-order chi connectivity index (χ0) is 20.3. The van der Waals surface area contributed by atoms with Crippen molar-refractivity contribution in [1.82, 2.24) is 9.55 Å². The van der Waals surface area contributed by atoms with Crippen molar-refractivity contribution in [3.63, 3.8) is 0 Å². The molecule has 0 aliphatic heterocycles. The fourth-order valence-electron chi connectivity index (χ4n) is 2.81. The minimum absolute atomic E-state index is 0.150. The fourth-order valence-corrected chi connectivity index (χ4v) is 3.78. The SMILES string of the molecule is COC(=O)c1ccc2c(=O)n(CC(C)O)c(SCc3ccc(C)cc3)nc2c1. The number of benzene rings is 2. The third-order valence-corrected chi connectivity index (χ3v) is 5.32. The summed E-state index contributed by atoms with van der Waals surface area (Å²) < 4.78 is 6.24. The van der Waals surface area contributed by atoms with Gasteiger partial charge in [-0.15, -0.1) is 0 Å². The molecular weight excluding hydrogens is 376 g/mol. The third-order valence-electron chi connectivity index (χ3n) is 4.28. The van der Waals surface area contributed by atoms with Crippen LogP contribution in [0.4, 0.5) is 0 Å². The predicted molar refractivity (Wildman–Crippen MR) is 110 cm³/mol. The summed E-state index contributed by atoms with van der Waals surface area (Å²) in [4.78, 5) is 29.4. The molecule has 1 N–H and O–H groups in total. The summed E-state index contributed by atoms with van der Waals surface area (Å²) in [5.74, 6) is 0.153. The Morgan fingerprint density at radius 1 is 1.25 bits per heavy atom. The van der Waals surface area contributed by atoms with Gasteiger partial charge >= 0.3 is 5.97 Å². The molecule has 0 saturated heterocycles. The van der Waals surface area contributed by atoms with E-state index in [9.17, 15) is 14.7 Å². The number of aliphatic hydroxyl groups is 1. The number of methoxy groups -OCH3 is 1. The molecule has 0 aliphatic rings. The molecule has 0 bridgehead atoms. The average molecular weight is 398 g/mol. The molecule has 3 aromatic rings. The van der Waals surface area contributed by atoms with Crippen LogP contribution in [0.1, 0.15) is 28.4 Å². The Morgan fingerprint density at radius 3 is 2.61 bits per heavy atom. The van der Waals surface area contributed by atoms with E-state index >= 15 is 0 Å². The second kappa shape index (κ2) is 8.58. The Balaban J connectivity index is 2.04. The minimum atomic E-state index is -0.690. The van der Waals surface area contributed by atoms with Crippen LogP contribution >= 0.6 is 11.8 Å². The molecule has 0 radical (unpaired) electrons. The van der Waals surface area contributed by atoms with Crippen molar-refractivity contribution in [3.05, 3.63) is 69.5 Å². The van der Waals surface area contributed by atoms with E-state index in [1.165, 1.54) is 29.0 Å². The third kappa shape index (κ3) is 4.43. The lowest BCUT2D eigenvalue weighted by molar-refractivity contribution is 0.0601. The van der Waals surface area contributed by atoms with E-state index in [0.717, 1.165) is 5.56 Å². The number of esters is 1. The van der Waals surface area contributed by atoms with Crippen LogP contribution in [0.5, 0.6) is 0 Å². The highest BCUT2D eigenvalue weighted by molar-refractivity contribution is 7.98. The van der Waals surface area contributed by atoms with E-state index in [2.05, 4.69) is 4.98 Å². The molecule has 1 unspecified atom stereocenters. The molecule has 6 nitrogen and oxygen atoms in total. The first-order valence-corrected chi connectivity index (χ1v) is 9.87. The highest BCUT2D eigenvalue weighted by atomic mass is 32.2. The lowest BCUT2D eigenvalue weighted by Gasteiger charge is -2.15. The topological polar surface area (TPSA) is 81.4 Å². The van der Waals surface area contributed by atoms with Gasteiger partial charge in [0.2, 0.25) is 0 Å². The van der Waals surface area contributed by atoms with Crippen molar-refractivity contribution in [2.75, 3.05) is 7.11 Å². The Hall–Kier alpha value is -2.64. The average Bonchev–Trinajstić information content (AvgIpc) is 2.68. The number of ether oxygens (including phenoxy) is 1. The van der Waals surface area contributed by atoms with Crippen LogP contribution in [0.25, 0.3) is 10.9 Å². The van der Waals surface area contributed by atoms with E-state index in [-0.39, 0.29) is 12.1 Å². The van der Waals surface area contributed by atoms with Crippen LogP contribution in [0.2, 0.25) is 0 Å². The van der Waals surface area contributed by atoms with E-state index in [1.807, 2.05) is 31.2 Å². The van der Waals surface area contributed by atoms with Crippen LogP contribution in [0.15, 0.2) is 52.4 Å². The number of nitrogens with zero attached hydrogens (tertiary/aromatic N) is 2. The molecule has 0 fully saturated rings. The van der Waals surface area contributed by atoms with Gasteiger partial charge < -0.3 is 9.84 Å². The second-order valence-corrected chi connectivity index (χ2v) is 7.60.